The molecule has 3 nitrogen and oxygen atoms in total. The molecular formula is C15H10IN3. The summed E-state index contributed by atoms with van der Waals surface area (Å²) in [5.41, 5.74) is 2.85. The summed E-state index contributed by atoms with van der Waals surface area (Å²) in [5.74, 6) is 0. The molecule has 0 unspecified atom stereocenters. The molecule has 0 amide bonds. The average Bonchev–Trinajstić information content (AvgIpc) is 2.77. The van der Waals surface area contributed by atoms with Gasteiger partial charge in [-0.05, 0) is 40.3 Å². The summed E-state index contributed by atoms with van der Waals surface area (Å²) in [4.78, 5) is 4.18. The van der Waals surface area contributed by atoms with E-state index in [0.717, 1.165) is 16.6 Å². The van der Waals surface area contributed by atoms with Gasteiger partial charge in [0, 0.05) is 27.9 Å². The number of nitrogens with zero attached hydrogens (tertiary/aromatic N) is 3. The Morgan fingerprint density at radius 1 is 1.26 bits per heavy atom. The van der Waals surface area contributed by atoms with Gasteiger partial charge in [0.15, 0.2) is 0 Å². The number of hydrogen-bond donors (Lipinski definition) is 0. The van der Waals surface area contributed by atoms with Crippen molar-refractivity contribution < 1.29 is 0 Å². The van der Waals surface area contributed by atoms with Gasteiger partial charge in [0.2, 0.25) is 0 Å². The molecular weight excluding hydrogens is 349 g/mol. The van der Waals surface area contributed by atoms with Crippen LogP contribution in [-0.4, -0.2) is 9.55 Å². The highest BCUT2D eigenvalue weighted by Gasteiger charge is 2.08. The van der Waals surface area contributed by atoms with E-state index in [0.29, 0.717) is 6.54 Å². The summed E-state index contributed by atoms with van der Waals surface area (Å²) < 4.78 is 3.34. The quantitative estimate of drug-likeness (QED) is 0.657. The molecule has 0 saturated heterocycles. The lowest BCUT2D eigenvalue weighted by atomic mass is 10.1. The number of halogens is 1. The number of hydrogen-bond acceptors (Lipinski definition) is 2. The fourth-order valence-electron chi connectivity index (χ4n) is 2.17. The number of fused-ring (bicyclic) bond motifs is 1. The van der Waals surface area contributed by atoms with E-state index >= 15 is 0 Å². The van der Waals surface area contributed by atoms with E-state index in [9.17, 15) is 0 Å². The Morgan fingerprint density at radius 2 is 2.11 bits per heavy atom. The van der Waals surface area contributed by atoms with Crippen LogP contribution < -0.4 is 0 Å². The summed E-state index contributed by atoms with van der Waals surface area (Å²) in [5, 5.41) is 10.3. The molecule has 0 aliphatic heterocycles. The van der Waals surface area contributed by atoms with Gasteiger partial charge in [0.25, 0.3) is 0 Å². The third kappa shape index (κ3) is 2.22. The first-order valence-corrected chi connectivity index (χ1v) is 6.94. The van der Waals surface area contributed by atoms with Gasteiger partial charge in [-0.15, -0.1) is 0 Å². The van der Waals surface area contributed by atoms with Crippen LogP contribution in [-0.2, 0) is 6.54 Å². The fourth-order valence-corrected chi connectivity index (χ4v) is 2.97. The lowest BCUT2D eigenvalue weighted by Crippen LogP contribution is -2.00. The van der Waals surface area contributed by atoms with Gasteiger partial charge < -0.3 is 4.57 Å². The Hall–Kier alpha value is -1.87. The molecule has 0 atom stereocenters. The third-order valence-corrected chi connectivity index (χ3v) is 3.97. The molecule has 4 heteroatoms. The van der Waals surface area contributed by atoms with Gasteiger partial charge in [0.05, 0.1) is 23.3 Å². The highest BCUT2D eigenvalue weighted by atomic mass is 127. The first-order chi connectivity index (χ1) is 9.29. The van der Waals surface area contributed by atoms with Crippen LogP contribution in [0.15, 0.2) is 48.9 Å². The van der Waals surface area contributed by atoms with Crippen molar-refractivity contribution in [2.45, 2.75) is 6.54 Å². The van der Waals surface area contributed by atoms with Crippen LogP contribution in [0.25, 0.3) is 10.9 Å². The molecule has 2 heterocycles. The van der Waals surface area contributed by atoms with Crippen LogP contribution in [0.4, 0.5) is 0 Å². The van der Waals surface area contributed by atoms with Crippen LogP contribution in [0.3, 0.4) is 0 Å². The highest BCUT2D eigenvalue weighted by molar-refractivity contribution is 14.1. The largest absolute Gasteiger partial charge is 0.341 e. The number of nitriles is 1. The first-order valence-electron chi connectivity index (χ1n) is 5.86. The topological polar surface area (TPSA) is 41.6 Å². The average molecular weight is 359 g/mol. The van der Waals surface area contributed by atoms with Gasteiger partial charge in [-0.3, -0.25) is 4.98 Å². The molecule has 2 aromatic heterocycles. The number of benzene rings is 1. The van der Waals surface area contributed by atoms with E-state index in [1.165, 1.54) is 8.96 Å². The maximum Gasteiger partial charge on any atom is 0.0995 e. The Morgan fingerprint density at radius 3 is 2.95 bits per heavy atom. The monoisotopic (exact) mass is 359 g/mol. The lowest BCUT2D eigenvalue weighted by molar-refractivity contribution is 0.831. The van der Waals surface area contributed by atoms with Crippen molar-refractivity contribution in [1.29, 1.82) is 5.26 Å². The third-order valence-electron chi connectivity index (χ3n) is 3.11. The zero-order valence-electron chi connectivity index (χ0n) is 10.0. The molecule has 0 radical (unpaired) electrons. The molecule has 92 valence electrons. The predicted molar refractivity (Wildman–Crippen MR) is 82.7 cm³/mol. The van der Waals surface area contributed by atoms with Crippen molar-refractivity contribution in [2.75, 3.05) is 0 Å². The van der Waals surface area contributed by atoms with Gasteiger partial charge in [-0.25, -0.2) is 0 Å². The van der Waals surface area contributed by atoms with Gasteiger partial charge in [0.1, 0.15) is 0 Å². The molecule has 0 saturated carbocycles. The van der Waals surface area contributed by atoms with E-state index in [4.69, 9.17) is 5.26 Å². The Bertz CT molecular complexity index is 783. The van der Waals surface area contributed by atoms with Crippen LogP contribution >= 0.6 is 22.6 Å². The molecule has 0 bridgehead atoms. The molecule has 0 N–H and O–H groups in total. The second-order valence-electron chi connectivity index (χ2n) is 4.27. The number of pyridine rings is 1. The zero-order chi connectivity index (χ0) is 13.2. The summed E-state index contributed by atoms with van der Waals surface area (Å²) in [6.07, 6.45) is 5.77. The van der Waals surface area contributed by atoms with E-state index < -0.39 is 0 Å². The van der Waals surface area contributed by atoms with Crippen LogP contribution in [0.5, 0.6) is 0 Å². The fraction of sp³-hybridized carbons (Fsp3) is 0.0667. The van der Waals surface area contributed by atoms with Crippen molar-refractivity contribution in [3.8, 4) is 6.07 Å². The number of rotatable bonds is 2. The Labute approximate surface area is 124 Å². The maximum absolute atomic E-state index is 9.14. The molecule has 1 aromatic carbocycles. The van der Waals surface area contributed by atoms with E-state index in [1.54, 1.807) is 6.20 Å². The molecule has 19 heavy (non-hydrogen) atoms. The van der Waals surface area contributed by atoms with Crippen molar-refractivity contribution >= 4 is 33.5 Å². The standard InChI is InChI=1S/C15H10IN3/c16-14-10-19(15-8-18-6-5-13(14)15)9-12-4-2-1-3-11(12)7-17/h1-6,8,10H,9H2. The van der Waals surface area contributed by atoms with Gasteiger partial charge in [-0.2, -0.15) is 5.26 Å². The predicted octanol–water partition coefficient (Wildman–Crippen LogP) is 3.56. The van der Waals surface area contributed by atoms with Crippen LogP contribution in [0.1, 0.15) is 11.1 Å². The molecule has 0 spiro atoms. The van der Waals surface area contributed by atoms with E-state index in [1.807, 2.05) is 36.5 Å². The Kier molecular flexibility index (Phi) is 3.22. The van der Waals surface area contributed by atoms with Crippen molar-refractivity contribution in [3.05, 3.63) is 63.6 Å². The van der Waals surface area contributed by atoms with Crippen LogP contribution in [0.2, 0.25) is 0 Å². The molecule has 0 aliphatic carbocycles. The normalized spacial score (nSPS) is 10.5. The van der Waals surface area contributed by atoms with Crippen molar-refractivity contribution in [2.24, 2.45) is 0 Å². The molecule has 0 aliphatic rings. The van der Waals surface area contributed by atoms with Crippen molar-refractivity contribution in [3.63, 3.8) is 0 Å². The lowest BCUT2D eigenvalue weighted by Gasteiger charge is -2.06. The Balaban J connectivity index is 2.09. The number of aromatic nitrogens is 2. The minimum Gasteiger partial charge on any atom is -0.341 e. The minimum absolute atomic E-state index is 0.689. The molecule has 3 aromatic rings. The van der Waals surface area contributed by atoms with Crippen LogP contribution in [0, 0.1) is 14.9 Å². The van der Waals surface area contributed by atoms with Gasteiger partial charge in [-0.1, -0.05) is 18.2 Å². The smallest absolute Gasteiger partial charge is 0.0995 e. The van der Waals surface area contributed by atoms with E-state index in [-0.39, 0.29) is 0 Å². The van der Waals surface area contributed by atoms with Crippen molar-refractivity contribution in [1.82, 2.24) is 9.55 Å². The summed E-state index contributed by atoms with van der Waals surface area (Å²) in [6.45, 7) is 0.689. The first kappa shape index (κ1) is 12.2. The zero-order valence-corrected chi connectivity index (χ0v) is 12.2. The molecule has 3 rings (SSSR count). The summed E-state index contributed by atoms with van der Waals surface area (Å²) in [6, 6.07) is 12.0. The second kappa shape index (κ2) is 5.02. The second-order valence-corrected chi connectivity index (χ2v) is 5.43. The van der Waals surface area contributed by atoms with Gasteiger partial charge >= 0.3 is 0 Å². The summed E-state index contributed by atoms with van der Waals surface area (Å²) >= 11 is 2.33. The SMILES string of the molecule is N#Cc1ccccc1Cn1cc(I)c2ccncc21. The maximum atomic E-state index is 9.14. The van der Waals surface area contributed by atoms with E-state index in [2.05, 4.69) is 44.4 Å². The molecule has 0 fully saturated rings. The summed E-state index contributed by atoms with van der Waals surface area (Å²) in [7, 11) is 0. The minimum atomic E-state index is 0.689. The highest BCUT2D eigenvalue weighted by Crippen LogP contribution is 2.23.